The van der Waals surface area contributed by atoms with Crippen molar-refractivity contribution in [1.29, 1.82) is 0 Å². The third kappa shape index (κ3) is 65.0. The van der Waals surface area contributed by atoms with Crippen LogP contribution in [0.25, 0.3) is 0 Å². The zero-order chi connectivity index (χ0) is 40.2. The van der Waals surface area contributed by atoms with E-state index in [1.165, 1.54) is 0 Å². The molecular weight excluding hydrogens is 826 g/mol. The van der Waals surface area contributed by atoms with Gasteiger partial charge in [0.2, 0.25) is 0 Å². The summed E-state index contributed by atoms with van der Waals surface area (Å²) in [6.07, 6.45) is 20.0. The van der Waals surface area contributed by atoms with E-state index in [0.29, 0.717) is 0 Å². The Morgan fingerprint density at radius 2 is 0.358 bits per heavy atom. The van der Waals surface area contributed by atoms with Crippen LogP contribution in [0, 0.1) is 0 Å². The summed E-state index contributed by atoms with van der Waals surface area (Å²) >= 11 is 0. The van der Waals surface area contributed by atoms with Gasteiger partial charge in [-0.05, 0) is 57.8 Å². The van der Waals surface area contributed by atoms with Crippen LogP contribution in [-0.4, -0.2) is 73.0 Å². The number of hydrogen-bond acceptors (Lipinski definition) is 11. The van der Waals surface area contributed by atoms with Gasteiger partial charge in [-0.15, -0.1) is 0 Å². The molecule has 0 atom stereocenters. The number of carbonyl (C=O) groups excluding carboxylic acids is 2. The van der Waals surface area contributed by atoms with Crippen molar-refractivity contribution in [3.8, 4) is 0 Å². The van der Waals surface area contributed by atoms with E-state index in [-0.39, 0.29) is 19.5 Å². The van der Waals surface area contributed by atoms with Gasteiger partial charge in [-0.25, -0.2) is 0 Å². The minimum atomic E-state index is -1.10. The van der Waals surface area contributed by atoms with Gasteiger partial charge in [-0.3, -0.25) is 0 Å². The molecule has 0 aromatic heterocycles. The van der Waals surface area contributed by atoms with E-state index in [9.17, 15) is 0 Å². The number of unbranched alkanes of at least 4 members (excludes halogenated alkanes) is 9. The fourth-order valence-electron chi connectivity index (χ4n) is 2.89. The molecule has 11 nitrogen and oxygen atoms in total. The molecule has 0 fully saturated rings. The molecule has 0 aliphatic rings. The third-order valence-electron chi connectivity index (χ3n) is 6.25. The summed E-state index contributed by atoms with van der Waals surface area (Å²) in [7, 11) is -3.29. The minimum absolute atomic E-state index is 0. The van der Waals surface area contributed by atoms with Crippen molar-refractivity contribution in [3.05, 3.63) is 0 Å². The first-order valence-corrected chi connectivity index (χ1v) is 23.5. The standard InChI is InChI=1S/3C12H27O3P.2CH2O.Ru/c3*1-4-7-10-13-16(14-11-8-5-2)15-12-9-6-3;2*1-2;/h3*4-12H2,1-3H3;2*1H2;. The molecule has 0 spiro atoms. The predicted octanol–water partition coefficient (Wildman–Crippen LogP) is 13.6. The molecule has 15 heteroatoms. The molecule has 0 N–H and O–H groups in total. The first-order valence-electron chi connectivity index (χ1n) is 20.2. The Bertz CT molecular complexity index is 439. The third-order valence-corrected chi connectivity index (χ3v) is 9.79. The molecule has 0 aromatic carbocycles. The summed E-state index contributed by atoms with van der Waals surface area (Å²) in [5.74, 6) is 0. The van der Waals surface area contributed by atoms with Crippen molar-refractivity contribution >= 4 is 39.4 Å². The van der Waals surface area contributed by atoms with Gasteiger partial charge in [-0.1, -0.05) is 120 Å². The zero-order valence-corrected chi connectivity index (χ0v) is 40.1. The van der Waals surface area contributed by atoms with Crippen molar-refractivity contribution in [2.45, 2.75) is 178 Å². The molecule has 0 saturated carbocycles. The Balaban J connectivity index is -0.000000148. The predicted molar refractivity (Wildman–Crippen MR) is 223 cm³/mol. The van der Waals surface area contributed by atoms with Crippen LogP contribution in [0.1, 0.15) is 178 Å². The Morgan fingerprint density at radius 3 is 0.434 bits per heavy atom. The van der Waals surface area contributed by atoms with E-state index in [1.54, 1.807) is 0 Å². The van der Waals surface area contributed by atoms with Gasteiger partial charge in [-0.2, -0.15) is 0 Å². The van der Waals surface area contributed by atoms with Crippen LogP contribution in [0.4, 0.5) is 0 Å². The van der Waals surface area contributed by atoms with Crippen LogP contribution < -0.4 is 0 Å². The smallest absolute Gasteiger partial charge is 0.312 e. The van der Waals surface area contributed by atoms with Crippen LogP contribution in [0.5, 0.6) is 0 Å². The van der Waals surface area contributed by atoms with Crippen molar-refractivity contribution < 1.29 is 69.8 Å². The maximum absolute atomic E-state index is 8.00. The Hall–Kier alpha value is 0.893. The van der Waals surface area contributed by atoms with Gasteiger partial charge in [0.1, 0.15) is 13.6 Å². The number of hydrogen-bond donors (Lipinski definition) is 0. The molecule has 0 radical (unpaired) electrons. The largest absolute Gasteiger partial charge is 0.332 e. The van der Waals surface area contributed by atoms with Gasteiger partial charge < -0.3 is 50.3 Å². The molecular formula is C38H85O11P3Ru. The Labute approximate surface area is 345 Å². The SMILES string of the molecule is C=O.C=O.CCCCOP(OCCCC)OCCCC.CCCCOP(OCCCC)OCCCC.CCCCOP(OCCCC)OCCCC.[Ru]. The van der Waals surface area contributed by atoms with E-state index < -0.39 is 25.8 Å². The molecule has 53 heavy (non-hydrogen) atoms. The molecule has 326 valence electrons. The van der Waals surface area contributed by atoms with Crippen LogP contribution in [-0.2, 0) is 69.8 Å². The molecule has 0 bridgehead atoms. The topological polar surface area (TPSA) is 117 Å². The second kappa shape index (κ2) is 67.6. The molecule has 0 aromatic rings. The number of rotatable bonds is 36. The van der Waals surface area contributed by atoms with Crippen LogP contribution in [0.15, 0.2) is 0 Å². The van der Waals surface area contributed by atoms with Crippen LogP contribution >= 0.6 is 25.8 Å². The average molecular weight is 912 g/mol. The monoisotopic (exact) mass is 912 g/mol. The molecule has 0 unspecified atom stereocenters. The Morgan fingerprint density at radius 1 is 0.264 bits per heavy atom. The van der Waals surface area contributed by atoms with Crippen LogP contribution in [0.3, 0.4) is 0 Å². The van der Waals surface area contributed by atoms with Crippen molar-refractivity contribution in [2.75, 3.05) is 59.5 Å². The summed E-state index contributed by atoms with van der Waals surface area (Å²) < 4.78 is 50.4. The van der Waals surface area contributed by atoms with E-state index in [2.05, 4.69) is 62.3 Å². The summed E-state index contributed by atoms with van der Waals surface area (Å²) in [6.45, 7) is 30.1. The number of carbonyl (C=O) groups is 2. The van der Waals surface area contributed by atoms with Crippen molar-refractivity contribution in [1.82, 2.24) is 0 Å². The fraction of sp³-hybridized carbons (Fsp3) is 0.947. The molecule has 0 amide bonds. The quantitative estimate of drug-likeness (QED) is 0.0340. The maximum atomic E-state index is 8.00. The molecule has 0 aliphatic carbocycles. The van der Waals surface area contributed by atoms with Gasteiger partial charge in [0.05, 0.1) is 59.5 Å². The first-order chi connectivity index (χ1) is 25.5. The van der Waals surface area contributed by atoms with Crippen molar-refractivity contribution in [3.63, 3.8) is 0 Å². The van der Waals surface area contributed by atoms with E-state index in [0.717, 1.165) is 175 Å². The Kier molecular flexibility index (Phi) is 83.9. The minimum Gasteiger partial charge on any atom is -0.312 e. The fourth-order valence-corrected chi connectivity index (χ4v) is 6.06. The summed E-state index contributed by atoms with van der Waals surface area (Å²) in [5, 5.41) is 0. The molecule has 0 aliphatic heterocycles. The normalized spacial score (nSPS) is 10.3. The second-order valence-corrected chi connectivity index (χ2v) is 15.0. The van der Waals surface area contributed by atoms with Gasteiger partial charge in [0.25, 0.3) is 0 Å². The van der Waals surface area contributed by atoms with Gasteiger partial charge in [0, 0.05) is 19.5 Å². The zero-order valence-electron chi connectivity index (χ0n) is 35.7. The second-order valence-electron chi connectivity index (χ2n) is 11.4. The summed E-state index contributed by atoms with van der Waals surface area (Å²) in [4.78, 5) is 16.0. The van der Waals surface area contributed by atoms with Crippen LogP contribution in [0.2, 0.25) is 0 Å². The molecule has 0 rings (SSSR count). The van der Waals surface area contributed by atoms with Gasteiger partial charge in [0.15, 0.2) is 0 Å². The van der Waals surface area contributed by atoms with E-state index >= 15 is 0 Å². The van der Waals surface area contributed by atoms with E-state index in [1.807, 2.05) is 13.6 Å². The first kappa shape index (κ1) is 65.7. The van der Waals surface area contributed by atoms with E-state index in [4.69, 9.17) is 50.3 Å². The molecule has 0 heterocycles. The maximum Gasteiger partial charge on any atom is 0.332 e. The summed E-state index contributed by atoms with van der Waals surface area (Å²) in [6, 6.07) is 0. The average Bonchev–Trinajstić information content (AvgIpc) is 3.17. The summed E-state index contributed by atoms with van der Waals surface area (Å²) in [5.41, 5.74) is 0. The van der Waals surface area contributed by atoms with Gasteiger partial charge >= 0.3 is 25.8 Å². The molecule has 0 saturated heterocycles. The van der Waals surface area contributed by atoms with Crippen molar-refractivity contribution in [2.24, 2.45) is 0 Å².